The van der Waals surface area contributed by atoms with Gasteiger partial charge in [0.05, 0.1) is 0 Å². The maximum absolute atomic E-state index is 7.32. The molecular weight excluding hydrogens is 532 g/mol. The van der Waals surface area contributed by atoms with Gasteiger partial charge in [0.2, 0.25) is 0 Å². The van der Waals surface area contributed by atoms with Crippen LogP contribution in [0.3, 0.4) is 0 Å². The number of hydrogen-bond donors (Lipinski definition) is 0. The molecule has 0 bridgehead atoms. The van der Waals surface area contributed by atoms with E-state index in [1.165, 1.54) is 6.56 Å². The summed E-state index contributed by atoms with van der Waals surface area (Å²) in [4.78, 5) is 0. The molecule has 2 aliphatic carbocycles. The Morgan fingerprint density at radius 1 is 0.459 bits per heavy atom. The van der Waals surface area contributed by atoms with Gasteiger partial charge in [0.25, 0.3) is 0 Å². The molecule has 0 N–H and O–H groups in total. The monoisotopic (exact) mass is 558 g/mol. The SMILES string of the molecule is C1=CC[C]([Zr]([O]c2ccccc2-c2ccccc2)([O]c2ccccc2-c2ccccc2)[C]2=CC=CC2)=C1. The van der Waals surface area contributed by atoms with Gasteiger partial charge in [-0.05, 0) is 0 Å². The summed E-state index contributed by atoms with van der Waals surface area (Å²) in [6.07, 6.45) is 14.9. The van der Waals surface area contributed by atoms with Gasteiger partial charge in [-0.3, -0.25) is 0 Å². The molecule has 0 fully saturated rings. The van der Waals surface area contributed by atoms with E-state index in [2.05, 4.69) is 134 Å². The van der Waals surface area contributed by atoms with Crippen molar-refractivity contribution in [2.24, 2.45) is 0 Å². The fourth-order valence-electron chi connectivity index (χ4n) is 5.01. The van der Waals surface area contributed by atoms with Gasteiger partial charge in [-0.15, -0.1) is 0 Å². The number of benzene rings is 4. The standard InChI is InChI=1S/2C12H10O.2C5H5.Zr/c2*13-12-9-5-4-8-11(12)10-6-2-1-3-7-10;2*1-2-4-5-3-1;/h2*1-9,13H;2*1-3H,4H2;/q;;;;+2/p-2. The van der Waals surface area contributed by atoms with Gasteiger partial charge in [0.1, 0.15) is 0 Å². The molecule has 3 heteroatoms. The van der Waals surface area contributed by atoms with Crippen LogP contribution in [0.25, 0.3) is 22.3 Å². The summed E-state index contributed by atoms with van der Waals surface area (Å²) in [6.45, 7) is 0. The molecule has 4 aromatic rings. The van der Waals surface area contributed by atoms with Crippen LogP contribution >= 0.6 is 0 Å². The fourth-order valence-corrected chi connectivity index (χ4v) is 13.3. The van der Waals surface area contributed by atoms with Crippen molar-refractivity contribution < 1.29 is 26.8 Å². The van der Waals surface area contributed by atoms with Crippen LogP contribution in [0.4, 0.5) is 0 Å². The van der Waals surface area contributed by atoms with Gasteiger partial charge < -0.3 is 0 Å². The van der Waals surface area contributed by atoms with Gasteiger partial charge in [-0.1, -0.05) is 0 Å². The van der Waals surface area contributed by atoms with E-state index >= 15 is 0 Å². The number of para-hydroxylation sites is 2. The number of hydrogen-bond acceptors (Lipinski definition) is 2. The second-order valence-electron chi connectivity index (χ2n) is 9.19. The molecule has 6 rings (SSSR count). The third-order valence-electron chi connectivity index (χ3n) is 6.84. The predicted molar refractivity (Wildman–Crippen MR) is 149 cm³/mol. The zero-order chi connectivity index (χ0) is 24.9. The van der Waals surface area contributed by atoms with Crippen LogP contribution in [0.15, 0.2) is 152 Å². The van der Waals surface area contributed by atoms with E-state index in [1.54, 1.807) is 0 Å². The van der Waals surface area contributed by atoms with Crippen molar-refractivity contribution in [2.75, 3.05) is 0 Å². The normalized spacial score (nSPS) is 14.4. The Morgan fingerprint density at radius 2 is 0.865 bits per heavy atom. The summed E-state index contributed by atoms with van der Waals surface area (Å²) < 4.78 is 17.2. The van der Waals surface area contributed by atoms with E-state index in [9.17, 15) is 0 Å². The zero-order valence-electron chi connectivity index (χ0n) is 20.6. The van der Waals surface area contributed by atoms with E-state index in [0.717, 1.165) is 46.6 Å². The molecule has 0 atom stereocenters. The van der Waals surface area contributed by atoms with Crippen molar-refractivity contribution in [1.29, 1.82) is 0 Å². The average Bonchev–Trinajstić information content (AvgIpc) is 3.70. The Hall–Kier alpha value is -3.68. The van der Waals surface area contributed by atoms with Crippen LogP contribution in [0.1, 0.15) is 12.8 Å². The first-order valence-electron chi connectivity index (χ1n) is 12.7. The zero-order valence-corrected chi connectivity index (χ0v) is 23.0. The first-order chi connectivity index (χ1) is 18.3. The van der Waals surface area contributed by atoms with Gasteiger partial charge >= 0.3 is 226 Å². The molecule has 0 spiro atoms. The summed E-state index contributed by atoms with van der Waals surface area (Å²) >= 11 is -4.19. The Kier molecular flexibility index (Phi) is 6.89. The van der Waals surface area contributed by atoms with Gasteiger partial charge in [0, 0.05) is 0 Å². The predicted octanol–water partition coefficient (Wildman–Crippen LogP) is 9.15. The summed E-state index contributed by atoms with van der Waals surface area (Å²) in [7, 11) is 0. The number of allylic oxidation sites excluding steroid dienone is 8. The van der Waals surface area contributed by atoms with Crippen molar-refractivity contribution in [3.8, 4) is 33.8 Å². The van der Waals surface area contributed by atoms with Crippen molar-refractivity contribution in [1.82, 2.24) is 0 Å². The first kappa shape index (κ1) is 23.7. The van der Waals surface area contributed by atoms with Crippen molar-refractivity contribution in [3.05, 3.63) is 152 Å². The summed E-state index contributed by atoms with van der Waals surface area (Å²) in [5, 5.41) is 0. The Morgan fingerprint density at radius 3 is 1.27 bits per heavy atom. The van der Waals surface area contributed by atoms with Crippen LogP contribution in [0.2, 0.25) is 0 Å². The molecule has 2 aliphatic rings. The quantitative estimate of drug-likeness (QED) is 0.214. The van der Waals surface area contributed by atoms with Gasteiger partial charge in [-0.2, -0.15) is 0 Å². The third kappa shape index (κ3) is 4.84. The molecule has 0 aromatic heterocycles. The molecule has 0 aliphatic heterocycles. The molecule has 0 saturated carbocycles. The van der Waals surface area contributed by atoms with E-state index in [-0.39, 0.29) is 0 Å². The molecule has 2 nitrogen and oxygen atoms in total. The molecule has 0 amide bonds. The van der Waals surface area contributed by atoms with Gasteiger partial charge in [-0.25, -0.2) is 0 Å². The van der Waals surface area contributed by atoms with Crippen LogP contribution < -0.4 is 5.63 Å². The Balaban J connectivity index is 1.50. The van der Waals surface area contributed by atoms with Crippen molar-refractivity contribution >= 4 is 0 Å². The second-order valence-corrected chi connectivity index (χ2v) is 16.4. The molecule has 0 unspecified atom stereocenters. The molecule has 0 heterocycles. The minimum atomic E-state index is -4.19. The Bertz CT molecular complexity index is 1400. The van der Waals surface area contributed by atoms with Crippen molar-refractivity contribution in [3.63, 3.8) is 0 Å². The second kappa shape index (κ2) is 10.7. The summed E-state index contributed by atoms with van der Waals surface area (Å²) in [5.74, 6) is 1.75. The summed E-state index contributed by atoms with van der Waals surface area (Å²) in [6, 6.07) is 37.6. The molecule has 0 radical (unpaired) electrons. The molecule has 4 aromatic carbocycles. The topological polar surface area (TPSA) is 18.5 Å². The maximum atomic E-state index is 7.32. The van der Waals surface area contributed by atoms with Crippen LogP contribution in [0, 0.1) is 0 Å². The van der Waals surface area contributed by atoms with E-state index in [4.69, 9.17) is 5.63 Å². The van der Waals surface area contributed by atoms with Crippen LogP contribution in [0.5, 0.6) is 11.5 Å². The van der Waals surface area contributed by atoms with E-state index in [0.29, 0.717) is 0 Å². The molecule has 180 valence electrons. The first-order valence-corrected chi connectivity index (χ1v) is 17.2. The van der Waals surface area contributed by atoms with E-state index in [1.807, 2.05) is 12.1 Å². The van der Waals surface area contributed by atoms with Crippen LogP contribution in [-0.4, -0.2) is 0 Å². The molecule has 0 saturated heterocycles. The van der Waals surface area contributed by atoms with Crippen LogP contribution in [-0.2, 0) is 21.1 Å². The van der Waals surface area contributed by atoms with E-state index < -0.39 is 21.1 Å². The molecular formula is C34H28O2Zr. The van der Waals surface area contributed by atoms with Gasteiger partial charge in [0.15, 0.2) is 0 Å². The minimum absolute atomic E-state index is 0.856. The average molecular weight is 560 g/mol. The van der Waals surface area contributed by atoms with Crippen molar-refractivity contribution in [2.45, 2.75) is 12.8 Å². The molecule has 37 heavy (non-hydrogen) atoms. The third-order valence-corrected chi connectivity index (χ3v) is 15.3. The Labute approximate surface area is 224 Å². The summed E-state index contributed by atoms with van der Waals surface area (Å²) in [5.41, 5.74) is 4.45. The fraction of sp³-hybridized carbons (Fsp3) is 0.0588. The number of rotatable bonds is 8.